The number of halogens is 4. The van der Waals surface area contributed by atoms with E-state index in [-0.39, 0.29) is 6.42 Å². The second-order valence-electron chi connectivity index (χ2n) is 6.51. The molecule has 1 N–H and O–H groups in total. The molecule has 30 heavy (non-hydrogen) atoms. The zero-order valence-electron chi connectivity index (χ0n) is 15.6. The molecule has 0 radical (unpaired) electrons. The van der Waals surface area contributed by atoms with Crippen LogP contribution in [0.15, 0.2) is 48.5 Å². The topological polar surface area (TPSA) is 73.9 Å². The zero-order valence-corrected chi connectivity index (χ0v) is 15.6. The van der Waals surface area contributed by atoms with Gasteiger partial charge in [0.15, 0.2) is 0 Å². The van der Waals surface area contributed by atoms with Crippen molar-refractivity contribution < 1.29 is 41.4 Å². The van der Waals surface area contributed by atoms with Gasteiger partial charge in [-0.1, -0.05) is 24.3 Å². The molecule has 1 fully saturated rings. The van der Waals surface area contributed by atoms with E-state index in [1.807, 2.05) is 0 Å². The fourth-order valence-electron chi connectivity index (χ4n) is 3.04. The highest BCUT2D eigenvalue weighted by Gasteiger charge is 2.44. The highest BCUT2D eigenvalue weighted by atomic mass is 19.3. The lowest BCUT2D eigenvalue weighted by molar-refractivity contribution is -0.253. The van der Waals surface area contributed by atoms with Gasteiger partial charge in [0.05, 0.1) is 18.7 Å². The third-order valence-corrected chi connectivity index (χ3v) is 4.43. The number of benzene rings is 2. The number of hydrogen-bond acceptors (Lipinski definition) is 5. The normalized spacial score (nSPS) is 18.7. The number of nitrogens with one attached hydrogen (secondary N) is 1. The molecule has 1 saturated heterocycles. The largest absolute Gasteiger partial charge is 0.465 e. The van der Waals surface area contributed by atoms with Crippen LogP contribution in [0.1, 0.15) is 27.6 Å². The Morgan fingerprint density at radius 3 is 2.53 bits per heavy atom. The van der Waals surface area contributed by atoms with E-state index in [4.69, 9.17) is 4.74 Å². The molecule has 0 spiro atoms. The van der Waals surface area contributed by atoms with Crippen molar-refractivity contribution >= 4 is 12.1 Å². The average molecular weight is 427 g/mol. The molecule has 1 aliphatic heterocycles. The maximum absolute atomic E-state index is 13.1. The van der Waals surface area contributed by atoms with Crippen LogP contribution < -0.4 is 10.1 Å². The molecule has 1 aliphatic rings. The van der Waals surface area contributed by atoms with E-state index < -0.39 is 42.5 Å². The van der Waals surface area contributed by atoms with Crippen LogP contribution in [0.2, 0.25) is 0 Å². The van der Waals surface area contributed by atoms with Crippen LogP contribution >= 0.6 is 0 Å². The van der Waals surface area contributed by atoms with Gasteiger partial charge in [0, 0.05) is 0 Å². The summed E-state index contributed by atoms with van der Waals surface area (Å²) in [5.74, 6) is -0.945. The monoisotopic (exact) mass is 427 g/mol. The smallest absolute Gasteiger partial charge is 0.461 e. The van der Waals surface area contributed by atoms with Crippen molar-refractivity contribution in [3.8, 4) is 5.75 Å². The zero-order chi connectivity index (χ0) is 21.9. The van der Waals surface area contributed by atoms with E-state index in [0.29, 0.717) is 16.7 Å². The average Bonchev–Trinajstić information content (AvgIpc) is 3.07. The van der Waals surface area contributed by atoms with Crippen LogP contribution in [0.4, 0.5) is 22.4 Å². The van der Waals surface area contributed by atoms with Crippen LogP contribution in [0, 0.1) is 0 Å². The van der Waals surface area contributed by atoms with E-state index in [0.717, 1.165) is 6.07 Å². The highest BCUT2D eigenvalue weighted by molar-refractivity contribution is 5.89. The third kappa shape index (κ3) is 4.81. The maximum Gasteiger partial charge on any atom is 0.461 e. The number of alkyl carbamates (subject to hydrolysis) is 1. The summed E-state index contributed by atoms with van der Waals surface area (Å²) in [5, 5.41) is 2.62. The predicted octanol–water partition coefficient (Wildman–Crippen LogP) is 4.10. The van der Waals surface area contributed by atoms with Crippen LogP contribution in [-0.2, 0) is 15.9 Å². The van der Waals surface area contributed by atoms with Gasteiger partial charge in [0.2, 0.25) is 0 Å². The molecule has 0 saturated carbocycles. The number of esters is 1. The molecular formula is C20H17F4NO5. The van der Waals surface area contributed by atoms with Gasteiger partial charge in [-0.05, 0) is 41.8 Å². The Hall–Kier alpha value is -3.30. The number of rotatable bonds is 7. The Labute approximate surface area is 168 Å². The molecule has 2 aromatic rings. The summed E-state index contributed by atoms with van der Waals surface area (Å²) in [4.78, 5) is 23.3. The minimum Gasteiger partial charge on any atom is -0.465 e. The molecule has 160 valence electrons. The Bertz CT molecular complexity index is 920. The van der Waals surface area contributed by atoms with E-state index in [1.165, 1.54) is 31.4 Å². The van der Waals surface area contributed by atoms with Crippen molar-refractivity contribution in [3.05, 3.63) is 65.2 Å². The van der Waals surface area contributed by atoms with Crippen LogP contribution in [0.3, 0.4) is 0 Å². The molecule has 1 heterocycles. The molecule has 0 bridgehead atoms. The second kappa shape index (κ2) is 8.60. The van der Waals surface area contributed by atoms with Gasteiger partial charge in [-0.2, -0.15) is 17.6 Å². The first kappa shape index (κ1) is 21.4. The summed E-state index contributed by atoms with van der Waals surface area (Å²) in [6, 6.07) is 11.0. The Morgan fingerprint density at radius 1 is 1.20 bits per heavy atom. The van der Waals surface area contributed by atoms with Crippen LogP contribution in [-0.4, -0.2) is 37.7 Å². The Balaban J connectivity index is 1.76. The van der Waals surface area contributed by atoms with Gasteiger partial charge in [-0.25, -0.2) is 9.59 Å². The first-order valence-electron chi connectivity index (χ1n) is 8.79. The number of carbonyl (C=O) groups is 2. The number of carbonyl (C=O) groups excluding carboxylic acids is 2. The number of ether oxygens (including phenoxy) is 3. The van der Waals surface area contributed by atoms with Crippen molar-refractivity contribution in [1.82, 2.24) is 5.32 Å². The first-order valence-corrected chi connectivity index (χ1v) is 8.79. The van der Waals surface area contributed by atoms with Gasteiger partial charge in [0.1, 0.15) is 11.9 Å². The minimum absolute atomic E-state index is 0.159. The molecule has 10 heteroatoms. The van der Waals surface area contributed by atoms with Crippen molar-refractivity contribution in [2.45, 2.75) is 31.1 Å². The number of hydrogen-bond donors (Lipinski definition) is 1. The van der Waals surface area contributed by atoms with Gasteiger partial charge in [-0.3, -0.25) is 0 Å². The van der Waals surface area contributed by atoms with Crippen molar-refractivity contribution in [3.63, 3.8) is 0 Å². The van der Waals surface area contributed by atoms with Gasteiger partial charge >= 0.3 is 24.6 Å². The number of amides is 1. The third-order valence-electron chi connectivity index (χ3n) is 4.43. The van der Waals surface area contributed by atoms with Crippen LogP contribution in [0.5, 0.6) is 5.75 Å². The number of alkyl halides is 4. The van der Waals surface area contributed by atoms with E-state index in [9.17, 15) is 27.2 Å². The summed E-state index contributed by atoms with van der Waals surface area (Å²) >= 11 is 0. The molecule has 6 nitrogen and oxygen atoms in total. The van der Waals surface area contributed by atoms with Crippen molar-refractivity contribution in [2.75, 3.05) is 7.11 Å². The SMILES string of the molecule is COC(=O)c1ccc(C2OC(=O)NC2Cc2cccc(OC(F)(F)C(F)F)c2)cc1. The predicted molar refractivity (Wildman–Crippen MR) is 95.7 cm³/mol. The summed E-state index contributed by atoms with van der Waals surface area (Å²) in [6.45, 7) is 0. The number of cyclic esters (lactones) is 1. The van der Waals surface area contributed by atoms with Gasteiger partial charge < -0.3 is 19.5 Å². The Kier molecular flexibility index (Phi) is 6.14. The van der Waals surface area contributed by atoms with Crippen molar-refractivity contribution in [2.24, 2.45) is 0 Å². The van der Waals surface area contributed by atoms with E-state index in [1.54, 1.807) is 18.2 Å². The molecule has 0 aromatic heterocycles. The highest BCUT2D eigenvalue weighted by Crippen LogP contribution is 2.31. The molecule has 2 unspecified atom stereocenters. The quantitative estimate of drug-likeness (QED) is 0.532. The Morgan fingerprint density at radius 2 is 1.90 bits per heavy atom. The lowest BCUT2D eigenvalue weighted by atomic mass is 9.96. The molecule has 2 atom stereocenters. The standard InChI is InChI=1S/C20H17F4NO5/c1-28-17(26)13-7-5-12(6-8-13)16-15(25-19(27)29-16)10-11-3-2-4-14(9-11)30-20(23,24)18(21)22/h2-9,15-16,18H,10H2,1H3,(H,25,27). The summed E-state index contributed by atoms with van der Waals surface area (Å²) in [6.07, 6.45) is -9.81. The van der Waals surface area contributed by atoms with Gasteiger partial charge in [0.25, 0.3) is 0 Å². The summed E-state index contributed by atoms with van der Waals surface area (Å²) in [5.41, 5.74) is 1.38. The fourth-order valence-corrected chi connectivity index (χ4v) is 3.04. The lowest BCUT2D eigenvalue weighted by Gasteiger charge is -2.19. The molecule has 1 amide bonds. The number of methoxy groups -OCH3 is 1. The van der Waals surface area contributed by atoms with Crippen LogP contribution in [0.25, 0.3) is 0 Å². The molecule has 0 aliphatic carbocycles. The van der Waals surface area contributed by atoms with E-state index in [2.05, 4.69) is 14.8 Å². The first-order chi connectivity index (χ1) is 14.2. The second-order valence-corrected chi connectivity index (χ2v) is 6.51. The molecule has 3 rings (SSSR count). The van der Waals surface area contributed by atoms with Gasteiger partial charge in [-0.15, -0.1) is 0 Å². The molecular weight excluding hydrogens is 410 g/mol. The lowest BCUT2D eigenvalue weighted by Crippen LogP contribution is -2.33. The minimum atomic E-state index is -4.62. The summed E-state index contributed by atoms with van der Waals surface area (Å²) in [7, 11) is 1.25. The van der Waals surface area contributed by atoms with E-state index >= 15 is 0 Å². The molecule has 2 aromatic carbocycles. The van der Waals surface area contributed by atoms with Crippen molar-refractivity contribution in [1.29, 1.82) is 0 Å². The fraction of sp³-hybridized carbons (Fsp3) is 0.300. The maximum atomic E-state index is 13.1. The summed E-state index contributed by atoms with van der Waals surface area (Å²) < 4.78 is 65.0.